The third-order valence-electron chi connectivity index (χ3n) is 4.78. The summed E-state index contributed by atoms with van der Waals surface area (Å²) in [6, 6.07) is 14.6. The third kappa shape index (κ3) is 4.81. The molecule has 0 radical (unpaired) electrons. The number of carbonyl (C=O) groups excluding carboxylic acids is 3. The summed E-state index contributed by atoms with van der Waals surface area (Å²) < 4.78 is 0. The van der Waals surface area contributed by atoms with Gasteiger partial charge in [0.2, 0.25) is 0 Å². The Labute approximate surface area is 175 Å². The summed E-state index contributed by atoms with van der Waals surface area (Å²) in [7, 11) is 5.36. The Kier molecular flexibility index (Phi) is 6.41. The lowest BCUT2D eigenvalue weighted by molar-refractivity contribution is -0.118. The second-order valence-corrected chi connectivity index (χ2v) is 7.12. The lowest BCUT2D eigenvalue weighted by Gasteiger charge is -2.13. The van der Waals surface area contributed by atoms with Crippen LogP contribution in [0.1, 0.15) is 22.3 Å². The minimum absolute atomic E-state index is 0.0268. The van der Waals surface area contributed by atoms with E-state index in [9.17, 15) is 14.4 Å². The first-order valence-corrected chi connectivity index (χ1v) is 9.57. The molecule has 0 bridgehead atoms. The molecule has 154 valence electrons. The van der Waals surface area contributed by atoms with Gasteiger partial charge >= 0.3 is 0 Å². The molecule has 1 heterocycles. The molecule has 0 atom stereocenters. The van der Waals surface area contributed by atoms with E-state index in [-0.39, 0.29) is 29.7 Å². The Balaban J connectivity index is 1.65. The summed E-state index contributed by atoms with van der Waals surface area (Å²) in [5, 5.41) is 5.26. The van der Waals surface area contributed by atoms with E-state index in [0.29, 0.717) is 23.2 Å². The minimum Gasteiger partial charge on any atom is -0.378 e. The van der Waals surface area contributed by atoms with Crippen molar-refractivity contribution in [1.29, 1.82) is 0 Å². The van der Waals surface area contributed by atoms with Crippen molar-refractivity contribution in [2.45, 2.75) is 12.8 Å². The van der Waals surface area contributed by atoms with Crippen LogP contribution in [0.4, 0.5) is 11.4 Å². The number of Topliss-reactive ketones (excluding diaryl/α,β-unsaturated/α-hetero) is 1. The number of aliphatic imine (C=N–C) groups is 1. The number of nitrogens with zero attached hydrogens (tertiary/aromatic N) is 2. The second kappa shape index (κ2) is 9.17. The number of hydrogen-bond acceptors (Lipinski definition) is 5. The van der Waals surface area contributed by atoms with Gasteiger partial charge in [0.25, 0.3) is 11.8 Å². The molecule has 0 saturated carbocycles. The molecule has 0 fully saturated rings. The van der Waals surface area contributed by atoms with E-state index in [1.165, 1.54) is 7.05 Å². The summed E-state index contributed by atoms with van der Waals surface area (Å²) in [4.78, 5) is 42.8. The topological polar surface area (TPSA) is 90.9 Å². The van der Waals surface area contributed by atoms with Crippen molar-refractivity contribution in [2.75, 3.05) is 31.4 Å². The molecule has 2 amide bonds. The number of hydrogen-bond donors (Lipinski definition) is 2. The molecule has 0 unspecified atom stereocenters. The average Bonchev–Trinajstić information content (AvgIpc) is 3.24. The lowest BCUT2D eigenvalue weighted by atomic mass is 10.0. The monoisotopic (exact) mass is 404 g/mol. The molecule has 1 aliphatic rings. The number of likely N-dealkylation sites (N-methyl/N-ethyl adjacent to an activating group) is 1. The molecule has 0 aliphatic carbocycles. The Hall–Kier alpha value is -3.74. The summed E-state index contributed by atoms with van der Waals surface area (Å²) in [6.45, 7) is 0. The Bertz CT molecular complexity index is 1040. The van der Waals surface area contributed by atoms with Crippen LogP contribution in [0.25, 0.3) is 0 Å². The average molecular weight is 404 g/mol. The highest BCUT2D eigenvalue weighted by atomic mass is 16.2. The van der Waals surface area contributed by atoms with Crippen molar-refractivity contribution >= 4 is 35.2 Å². The van der Waals surface area contributed by atoms with Gasteiger partial charge < -0.3 is 15.5 Å². The quantitative estimate of drug-likeness (QED) is 0.694. The van der Waals surface area contributed by atoms with Crippen LogP contribution in [0, 0.1) is 0 Å². The predicted molar refractivity (Wildman–Crippen MR) is 118 cm³/mol. The first-order chi connectivity index (χ1) is 14.4. The molecular weight excluding hydrogens is 380 g/mol. The Morgan fingerprint density at radius 1 is 1.03 bits per heavy atom. The lowest BCUT2D eigenvalue weighted by Crippen LogP contribution is -2.23. The van der Waals surface area contributed by atoms with E-state index in [1.807, 2.05) is 55.4 Å². The largest absolute Gasteiger partial charge is 0.378 e. The smallest absolute Gasteiger partial charge is 0.270 e. The Morgan fingerprint density at radius 3 is 2.43 bits per heavy atom. The van der Waals surface area contributed by atoms with Crippen LogP contribution in [-0.2, 0) is 16.0 Å². The van der Waals surface area contributed by atoms with Crippen LogP contribution in [-0.4, -0.2) is 45.0 Å². The molecule has 3 rings (SSSR count). The van der Waals surface area contributed by atoms with E-state index in [2.05, 4.69) is 15.6 Å². The van der Waals surface area contributed by atoms with E-state index in [1.54, 1.807) is 18.3 Å². The van der Waals surface area contributed by atoms with Crippen LogP contribution < -0.4 is 15.5 Å². The molecule has 1 aliphatic heterocycles. The number of carbonyl (C=O) groups is 3. The maximum Gasteiger partial charge on any atom is 0.270 e. The van der Waals surface area contributed by atoms with Gasteiger partial charge in [-0.1, -0.05) is 24.3 Å². The summed E-state index contributed by atoms with van der Waals surface area (Å²) >= 11 is 0. The number of rotatable bonds is 7. The fraction of sp³-hybridized carbons (Fsp3) is 0.217. The van der Waals surface area contributed by atoms with E-state index >= 15 is 0 Å². The molecule has 0 aromatic heterocycles. The van der Waals surface area contributed by atoms with Crippen molar-refractivity contribution in [3.63, 3.8) is 0 Å². The molecule has 7 heteroatoms. The van der Waals surface area contributed by atoms with Crippen molar-refractivity contribution in [3.05, 3.63) is 70.9 Å². The fourth-order valence-electron chi connectivity index (χ4n) is 3.07. The van der Waals surface area contributed by atoms with Gasteiger partial charge in [-0.15, -0.1) is 0 Å². The minimum atomic E-state index is -0.388. The zero-order valence-corrected chi connectivity index (χ0v) is 17.2. The van der Waals surface area contributed by atoms with Gasteiger partial charge in [0.05, 0.1) is 5.57 Å². The van der Waals surface area contributed by atoms with Crippen LogP contribution in [0.5, 0.6) is 0 Å². The van der Waals surface area contributed by atoms with Gasteiger partial charge in [0, 0.05) is 57.1 Å². The van der Waals surface area contributed by atoms with Gasteiger partial charge in [-0.3, -0.25) is 19.4 Å². The normalized spacial score (nSPS) is 12.6. The number of nitrogens with one attached hydrogen (secondary N) is 2. The predicted octanol–water partition coefficient (Wildman–Crippen LogP) is 2.59. The molecule has 30 heavy (non-hydrogen) atoms. The first-order valence-electron chi connectivity index (χ1n) is 9.57. The molecule has 0 saturated heterocycles. The van der Waals surface area contributed by atoms with Crippen LogP contribution in [0.2, 0.25) is 0 Å². The molecule has 7 nitrogen and oxygen atoms in total. The standard InChI is InChI=1S/C23H24N4O3/c1-24-23(30)21-19(11-12-25-21)22(29)26-17-9-7-15(8-10-17)13-20(28)16-5-4-6-18(14-16)27(2)3/h4-10,12,14H,11,13H2,1-3H3,(H,24,30)(H,26,29). The number of amides is 2. The maximum absolute atomic E-state index is 12.6. The van der Waals surface area contributed by atoms with Gasteiger partial charge in [-0.2, -0.15) is 0 Å². The van der Waals surface area contributed by atoms with Gasteiger partial charge in [-0.05, 0) is 29.8 Å². The fourth-order valence-corrected chi connectivity index (χ4v) is 3.07. The molecule has 2 aromatic carbocycles. The molecule has 2 aromatic rings. The molecular formula is C23H24N4O3. The van der Waals surface area contributed by atoms with Gasteiger partial charge in [-0.25, -0.2) is 0 Å². The van der Waals surface area contributed by atoms with E-state index < -0.39 is 0 Å². The van der Waals surface area contributed by atoms with Crippen LogP contribution in [0.3, 0.4) is 0 Å². The number of benzene rings is 2. The maximum atomic E-state index is 12.6. The highest BCUT2D eigenvalue weighted by Gasteiger charge is 2.23. The summed E-state index contributed by atoms with van der Waals surface area (Å²) in [5.74, 6) is -0.726. The number of ketones is 1. The van der Waals surface area contributed by atoms with Gasteiger partial charge in [0.15, 0.2) is 5.78 Å². The van der Waals surface area contributed by atoms with E-state index in [0.717, 1.165) is 11.3 Å². The van der Waals surface area contributed by atoms with Crippen molar-refractivity contribution in [2.24, 2.45) is 4.99 Å². The van der Waals surface area contributed by atoms with E-state index in [4.69, 9.17) is 0 Å². The van der Waals surface area contributed by atoms with Gasteiger partial charge in [0.1, 0.15) is 5.70 Å². The molecule has 2 N–H and O–H groups in total. The first kappa shape index (κ1) is 21.0. The van der Waals surface area contributed by atoms with Crippen molar-refractivity contribution in [1.82, 2.24) is 5.32 Å². The van der Waals surface area contributed by atoms with Crippen LogP contribution >= 0.6 is 0 Å². The highest BCUT2D eigenvalue weighted by molar-refractivity contribution is 6.13. The van der Waals surface area contributed by atoms with Crippen LogP contribution in [0.15, 0.2) is 64.8 Å². The van der Waals surface area contributed by atoms with Crippen molar-refractivity contribution < 1.29 is 14.4 Å². The molecule has 0 spiro atoms. The zero-order chi connectivity index (χ0) is 21.7. The summed E-state index contributed by atoms with van der Waals surface area (Å²) in [5.41, 5.74) is 3.53. The Morgan fingerprint density at radius 2 is 1.77 bits per heavy atom. The zero-order valence-electron chi connectivity index (χ0n) is 17.2. The second-order valence-electron chi connectivity index (χ2n) is 7.12. The number of anilines is 2. The highest BCUT2D eigenvalue weighted by Crippen LogP contribution is 2.20. The third-order valence-corrected chi connectivity index (χ3v) is 4.78. The summed E-state index contributed by atoms with van der Waals surface area (Å²) in [6.07, 6.45) is 2.12. The SMILES string of the molecule is CNC(=O)C1=C(C(=O)Nc2ccc(CC(=O)c3cccc(N(C)C)c3)cc2)CC=N1. The van der Waals surface area contributed by atoms with Crippen molar-refractivity contribution in [3.8, 4) is 0 Å².